The Morgan fingerprint density at radius 3 is 2.94 bits per heavy atom. The van der Waals surface area contributed by atoms with Crippen molar-refractivity contribution in [1.82, 2.24) is 5.32 Å². The first-order valence-electron chi connectivity index (χ1n) is 5.89. The van der Waals surface area contributed by atoms with Crippen LogP contribution in [0.3, 0.4) is 0 Å². The van der Waals surface area contributed by atoms with E-state index < -0.39 is 0 Å². The zero-order valence-electron chi connectivity index (χ0n) is 9.58. The van der Waals surface area contributed by atoms with E-state index in [4.69, 9.17) is 16.3 Å². The number of para-hydroxylation sites is 1. The number of ether oxygens (including phenoxy) is 1. The molecule has 1 aromatic carbocycles. The molecule has 0 saturated carbocycles. The number of benzene rings is 1. The first-order valence-corrected chi connectivity index (χ1v) is 6.27. The Balaban J connectivity index is 1.96. The number of nitrogens with one attached hydrogen (secondary N) is 1. The molecule has 2 atom stereocenters. The van der Waals surface area contributed by atoms with Gasteiger partial charge in [-0.2, -0.15) is 0 Å². The van der Waals surface area contributed by atoms with Gasteiger partial charge in [0, 0.05) is 12.5 Å². The summed E-state index contributed by atoms with van der Waals surface area (Å²) in [6.07, 6.45) is 2.69. The molecular weight excluding hydrogens is 222 g/mol. The molecule has 2 nitrogen and oxygen atoms in total. The Bertz CT molecular complexity index is 336. The van der Waals surface area contributed by atoms with Gasteiger partial charge in [0.2, 0.25) is 0 Å². The van der Waals surface area contributed by atoms with Crippen molar-refractivity contribution in [2.75, 3.05) is 13.1 Å². The molecule has 2 rings (SSSR count). The van der Waals surface area contributed by atoms with Crippen LogP contribution in [0.1, 0.15) is 19.8 Å². The van der Waals surface area contributed by atoms with Gasteiger partial charge in [-0.15, -0.1) is 0 Å². The Kier molecular flexibility index (Phi) is 4.08. The number of hydrogen-bond donors (Lipinski definition) is 1. The highest BCUT2D eigenvalue weighted by Gasteiger charge is 2.21. The molecule has 1 N–H and O–H groups in total. The van der Waals surface area contributed by atoms with Gasteiger partial charge in [-0.05, 0) is 38.4 Å². The molecule has 3 heteroatoms. The normalized spacial score (nSPS) is 22.8. The second-order valence-electron chi connectivity index (χ2n) is 4.36. The van der Waals surface area contributed by atoms with Crippen molar-refractivity contribution in [2.45, 2.75) is 25.9 Å². The molecule has 1 aromatic rings. The largest absolute Gasteiger partial charge is 0.489 e. The topological polar surface area (TPSA) is 21.3 Å². The van der Waals surface area contributed by atoms with Crippen molar-refractivity contribution in [2.24, 2.45) is 5.92 Å². The Morgan fingerprint density at radius 1 is 1.44 bits per heavy atom. The van der Waals surface area contributed by atoms with Crippen molar-refractivity contribution in [1.29, 1.82) is 0 Å². The van der Waals surface area contributed by atoms with Crippen LogP contribution in [-0.4, -0.2) is 19.2 Å². The molecule has 1 fully saturated rings. The molecule has 0 aromatic heterocycles. The number of rotatable bonds is 3. The molecule has 0 aliphatic carbocycles. The van der Waals surface area contributed by atoms with Gasteiger partial charge in [-0.3, -0.25) is 0 Å². The van der Waals surface area contributed by atoms with Gasteiger partial charge >= 0.3 is 0 Å². The van der Waals surface area contributed by atoms with Gasteiger partial charge in [0.05, 0.1) is 11.1 Å². The lowest BCUT2D eigenvalue weighted by atomic mass is 9.95. The minimum atomic E-state index is 0.215. The van der Waals surface area contributed by atoms with Crippen LogP contribution in [0.5, 0.6) is 5.75 Å². The van der Waals surface area contributed by atoms with Gasteiger partial charge < -0.3 is 10.1 Å². The highest BCUT2D eigenvalue weighted by Crippen LogP contribution is 2.27. The molecule has 0 bridgehead atoms. The van der Waals surface area contributed by atoms with E-state index in [1.807, 2.05) is 24.3 Å². The van der Waals surface area contributed by atoms with Crippen molar-refractivity contribution in [3.8, 4) is 5.75 Å². The van der Waals surface area contributed by atoms with Crippen molar-refractivity contribution >= 4 is 11.6 Å². The Morgan fingerprint density at radius 2 is 2.25 bits per heavy atom. The fourth-order valence-corrected chi connectivity index (χ4v) is 2.30. The minimum absolute atomic E-state index is 0.215. The highest BCUT2D eigenvalue weighted by atomic mass is 35.5. The summed E-state index contributed by atoms with van der Waals surface area (Å²) in [5.74, 6) is 1.38. The first-order chi connectivity index (χ1) is 7.77. The third-order valence-electron chi connectivity index (χ3n) is 3.15. The van der Waals surface area contributed by atoms with E-state index in [1.165, 1.54) is 12.8 Å². The maximum absolute atomic E-state index is 6.07. The maximum Gasteiger partial charge on any atom is 0.138 e. The summed E-state index contributed by atoms with van der Waals surface area (Å²) in [6, 6.07) is 7.66. The fraction of sp³-hybridized carbons (Fsp3) is 0.538. The Labute approximate surface area is 102 Å². The van der Waals surface area contributed by atoms with E-state index in [2.05, 4.69) is 12.2 Å². The zero-order valence-corrected chi connectivity index (χ0v) is 10.3. The highest BCUT2D eigenvalue weighted by molar-refractivity contribution is 6.32. The van der Waals surface area contributed by atoms with Crippen LogP contribution in [0.2, 0.25) is 5.02 Å². The van der Waals surface area contributed by atoms with Crippen LogP contribution in [0.4, 0.5) is 0 Å². The summed E-state index contributed by atoms with van der Waals surface area (Å²) < 4.78 is 5.91. The van der Waals surface area contributed by atoms with Crippen LogP contribution in [0.25, 0.3) is 0 Å². The summed E-state index contributed by atoms with van der Waals surface area (Å²) in [5.41, 5.74) is 0. The van der Waals surface area contributed by atoms with E-state index in [0.29, 0.717) is 10.9 Å². The average molecular weight is 240 g/mol. The molecule has 16 heavy (non-hydrogen) atoms. The summed E-state index contributed by atoms with van der Waals surface area (Å²) in [6.45, 7) is 4.31. The molecule has 88 valence electrons. The van der Waals surface area contributed by atoms with Gasteiger partial charge in [-0.1, -0.05) is 23.7 Å². The smallest absolute Gasteiger partial charge is 0.138 e. The molecule has 1 aliphatic rings. The predicted octanol–water partition coefficient (Wildman–Crippen LogP) is 3.11. The van der Waals surface area contributed by atoms with E-state index in [1.54, 1.807) is 0 Å². The number of halogens is 1. The summed E-state index contributed by atoms with van der Waals surface area (Å²) in [7, 11) is 0. The van der Waals surface area contributed by atoms with Crippen molar-refractivity contribution in [3.63, 3.8) is 0 Å². The van der Waals surface area contributed by atoms with Crippen LogP contribution >= 0.6 is 11.6 Å². The standard InChI is InChI=1S/C13H18ClNO/c1-10(11-5-4-8-15-9-11)16-13-7-3-2-6-12(13)14/h2-3,6-7,10-11,15H,4-5,8-9H2,1H3. The van der Waals surface area contributed by atoms with E-state index in [-0.39, 0.29) is 6.10 Å². The third-order valence-corrected chi connectivity index (χ3v) is 3.46. The van der Waals surface area contributed by atoms with Crippen molar-refractivity contribution in [3.05, 3.63) is 29.3 Å². The van der Waals surface area contributed by atoms with E-state index in [0.717, 1.165) is 18.8 Å². The maximum atomic E-state index is 6.07. The molecular formula is C13H18ClNO. The molecule has 0 spiro atoms. The second-order valence-corrected chi connectivity index (χ2v) is 4.77. The lowest BCUT2D eigenvalue weighted by Gasteiger charge is -2.28. The zero-order chi connectivity index (χ0) is 11.4. The van der Waals surface area contributed by atoms with E-state index >= 15 is 0 Å². The lowest BCUT2D eigenvalue weighted by molar-refractivity contribution is 0.131. The second kappa shape index (κ2) is 5.55. The summed E-state index contributed by atoms with van der Waals surface area (Å²) in [5, 5.41) is 4.10. The van der Waals surface area contributed by atoms with Crippen LogP contribution in [-0.2, 0) is 0 Å². The molecule has 0 amide bonds. The Hall–Kier alpha value is -0.730. The quantitative estimate of drug-likeness (QED) is 0.875. The number of piperidine rings is 1. The summed E-state index contributed by atoms with van der Waals surface area (Å²) >= 11 is 6.07. The predicted molar refractivity (Wildman–Crippen MR) is 67.1 cm³/mol. The number of hydrogen-bond acceptors (Lipinski definition) is 2. The average Bonchev–Trinajstić information content (AvgIpc) is 2.33. The summed E-state index contributed by atoms with van der Waals surface area (Å²) in [4.78, 5) is 0. The first kappa shape index (κ1) is 11.7. The lowest BCUT2D eigenvalue weighted by Crippen LogP contribution is -2.37. The van der Waals surface area contributed by atoms with Crippen LogP contribution < -0.4 is 10.1 Å². The van der Waals surface area contributed by atoms with Gasteiger partial charge in [0.1, 0.15) is 5.75 Å². The van der Waals surface area contributed by atoms with E-state index in [9.17, 15) is 0 Å². The fourth-order valence-electron chi connectivity index (χ4n) is 2.12. The van der Waals surface area contributed by atoms with Gasteiger partial charge in [0.15, 0.2) is 0 Å². The molecule has 2 unspecified atom stereocenters. The minimum Gasteiger partial charge on any atom is -0.489 e. The SMILES string of the molecule is CC(Oc1ccccc1Cl)C1CCCNC1. The molecule has 1 aliphatic heterocycles. The molecule has 1 heterocycles. The monoisotopic (exact) mass is 239 g/mol. The molecule has 0 radical (unpaired) electrons. The van der Waals surface area contributed by atoms with Crippen molar-refractivity contribution < 1.29 is 4.74 Å². The van der Waals surface area contributed by atoms with Crippen LogP contribution in [0.15, 0.2) is 24.3 Å². The third kappa shape index (κ3) is 2.89. The van der Waals surface area contributed by atoms with Gasteiger partial charge in [0.25, 0.3) is 0 Å². The van der Waals surface area contributed by atoms with Crippen LogP contribution in [0, 0.1) is 5.92 Å². The molecule has 1 saturated heterocycles. The van der Waals surface area contributed by atoms with Gasteiger partial charge in [-0.25, -0.2) is 0 Å².